The first-order valence-corrected chi connectivity index (χ1v) is 7.29. The smallest absolute Gasteiger partial charge is 0.273 e. The zero-order valence-electron chi connectivity index (χ0n) is 10.6. The summed E-state index contributed by atoms with van der Waals surface area (Å²) in [4.78, 5) is 15.7. The van der Waals surface area contributed by atoms with Gasteiger partial charge in [-0.25, -0.2) is 9.89 Å². The van der Waals surface area contributed by atoms with Crippen LogP contribution in [0.25, 0.3) is 10.9 Å². The Morgan fingerprint density at radius 1 is 1.40 bits per heavy atom. The number of halogens is 1. The van der Waals surface area contributed by atoms with Gasteiger partial charge in [0.2, 0.25) is 0 Å². The van der Waals surface area contributed by atoms with Crippen molar-refractivity contribution < 1.29 is 0 Å². The number of aromatic nitrogens is 4. The summed E-state index contributed by atoms with van der Waals surface area (Å²) in [5.74, 6) is 0.602. The van der Waals surface area contributed by atoms with Crippen LogP contribution in [0.15, 0.2) is 40.4 Å². The molecule has 1 aromatic carbocycles. The molecule has 20 heavy (non-hydrogen) atoms. The zero-order chi connectivity index (χ0) is 14.1. The Kier molecular flexibility index (Phi) is 3.50. The van der Waals surface area contributed by atoms with E-state index in [1.165, 1.54) is 16.3 Å². The van der Waals surface area contributed by atoms with Crippen LogP contribution in [0.5, 0.6) is 0 Å². The van der Waals surface area contributed by atoms with E-state index in [4.69, 9.17) is 11.6 Å². The Morgan fingerprint density at radius 3 is 3.00 bits per heavy atom. The highest BCUT2D eigenvalue weighted by molar-refractivity contribution is 7.98. The Bertz CT molecular complexity index is 827. The molecule has 0 saturated heterocycles. The molecule has 5 nitrogen and oxygen atoms in total. The number of thioether (sulfide) groups is 1. The number of aromatic amines is 1. The standard InChI is InChI=1S/C13H11ClN4OS/c1-18-12(19)16-17-13(18)20-7-9-10(14)5-4-8-3-2-6-15-11(8)9/h2-6H,7H2,1H3,(H,16,19). The minimum absolute atomic E-state index is 0.227. The molecule has 0 spiro atoms. The minimum atomic E-state index is -0.227. The molecular formula is C13H11ClN4OS. The summed E-state index contributed by atoms with van der Waals surface area (Å²) in [5.41, 5.74) is 1.60. The second kappa shape index (κ2) is 5.30. The Labute approximate surface area is 124 Å². The van der Waals surface area contributed by atoms with Gasteiger partial charge in [-0.15, -0.1) is 5.10 Å². The van der Waals surface area contributed by atoms with E-state index >= 15 is 0 Å². The summed E-state index contributed by atoms with van der Waals surface area (Å²) in [6.45, 7) is 0. The number of nitrogens with zero attached hydrogens (tertiary/aromatic N) is 3. The fourth-order valence-electron chi connectivity index (χ4n) is 1.92. The van der Waals surface area contributed by atoms with E-state index in [1.807, 2.05) is 24.3 Å². The Balaban J connectivity index is 1.96. The Hall–Kier alpha value is -1.79. The molecule has 0 aliphatic rings. The molecule has 0 atom stereocenters. The SMILES string of the molecule is Cn1c(SCc2c(Cl)ccc3cccnc23)n[nH]c1=O. The van der Waals surface area contributed by atoms with Gasteiger partial charge in [0.15, 0.2) is 5.16 Å². The molecule has 3 rings (SSSR count). The van der Waals surface area contributed by atoms with Gasteiger partial charge < -0.3 is 0 Å². The van der Waals surface area contributed by atoms with E-state index in [1.54, 1.807) is 13.2 Å². The monoisotopic (exact) mass is 306 g/mol. The highest BCUT2D eigenvalue weighted by atomic mass is 35.5. The first kappa shape index (κ1) is 13.2. The van der Waals surface area contributed by atoms with Crippen molar-refractivity contribution in [2.24, 2.45) is 7.05 Å². The van der Waals surface area contributed by atoms with Gasteiger partial charge in [-0.1, -0.05) is 35.5 Å². The summed E-state index contributed by atoms with van der Waals surface area (Å²) in [6.07, 6.45) is 1.75. The van der Waals surface area contributed by atoms with Gasteiger partial charge in [0.1, 0.15) is 0 Å². The van der Waals surface area contributed by atoms with Crippen molar-refractivity contribution in [2.45, 2.75) is 10.9 Å². The van der Waals surface area contributed by atoms with Crippen molar-refractivity contribution in [2.75, 3.05) is 0 Å². The lowest BCUT2D eigenvalue weighted by atomic mass is 10.1. The predicted octanol–water partition coefficient (Wildman–Crippen LogP) is 2.60. The van der Waals surface area contributed by atoms with Crippen LogP contribution >= 0.6 is 23.4 Å². The molecule has 0 fully saturated rings. The first-order chi connectivity index (χ1) is 9.66. The molecule has 1 N–H and O–H groups in total. The average Bonchev–Trinajstić information content (AvgIpc) is 2.78. The topological polar surface area (TPSA) is 63.6 Å². The number of hydrogen-bond donors (Lipinski definition) is 1. The summed E-state index contributed by atoms with van der Waals surface area (Å²) in [6, 6.07) is 7.70. The van der Waals surface area contributed by atoms with Crippen molar-refractivity contribution in [3.05, 3.63) is 51.5 Å². The van der Waals surface area contributed by atoms with Gasteiger partial charge in [-0.3, -0.25) is 9.55 Å². The molecule has 2 heterocycles. The minimum Gasteiger partial charge on any atom is -0.273 e. The molecule has 3 aromatic rings. The number of rotatable bonds is 3. The first-order valence-electron chi connectivity index (χ1n) is 5.93. The highest BCUT2D eigenvalue weighted by Crippen LogP contribution is 2.30. The van der Waals surface area contributed by atoms with Gasteiger partial charge >= 0.3 is 5.69 Å². The molecule has 102 valence electrons. The predicted molar refractivity (Wildman–Crippen MR) is 80.1 cm³/mol. The number of pyridine rings is 1. The van der Waals surface area contributed by atoms with Gasteiger partial charge in [0, 0.05) is 35.0 Å². The van der Waals surface area contributed by atoms with Crippen LogP contribution in [-0.2, 0) is 12.8 Å². The van der Waals surface area contributed by atoms with Gasteiger partial charge in [0.05, 0.1) is 5.52 Å². The van der Waals surface area contributed by atoms with Gasteiger partial charge in [-0.2, -0.15) is 0 Å². The van der Waals surface area contributed by atoms with Crippen molar-refractivity contribution in [3.63, 3.8) is 0 Å². The van der Waals surface area contributed by atoms with Gasteiger partial charge in [0.25, 0.3) is 0 Å². The van der Waals surface area contributed by atoms with Crippen molar-refractivity contribution in [1.29, 1.82) is 0 Å². The summed E-state index contributed by atoms with van der Waals surface area (Å²) >= 11 is 7.71. The molecule has 7 heteroatoms. The zero-order valence-corrected chi connectivity index (χ0v) is 12.2. The number of hydrogen-bond acceptors (Lipinski definition) is 4. The molecule has 0 bridgehead atoms. The number of H-pyrrole nitrogens is 1. The second-order valence-electron chi connectivity index (χ2n) is 4.26. The van der Waals surface area contributed by atoms with Crippen LogP contribution in [0.1, 0.15) is 5.56 Å². The average molecular weight is 307 g/mol. The molecule has 0 saturated carbocycles. The number of nitrogens with one attached hydrogen (secondary N) is 1. The van der Waals surface area contributed by atoms with E-state index in [9.17, 15) is 4.79 Å². The van der Waals surface area contributed by atoms with E-state index < -0.39 is 0 Å². The van der Waals surface area contributed by atoms with E-state index in [-0.39, 0.29) is 5.69 Å². The third kappa shape index (κ3) is 2.32. The quantitative estimate of drug-likeness (QED) is 0.756. The van der Waals surface area contributed by atoms with Crippen LogP contribution in [0.3, 0.4) is 0 Å². The summed E-state index contributed by atoms with van der Waals surface area (Å²) in [5, 5.41) is 8.72. The lowest BCUT2D eigenvalue weighted by molar-refractivity contribution is 0.766. The van der Waals surface area contributed by atoms with Crippen LogP contribution < -0.4 is 5.69 Å². The molecule has 0 radical (unpaired) electrons. The van der Waals surface area contributed by atoms with E-state index in [2.05, 4.69) is 15.2 Å². The maximum Gasteiger partial charge on any atom is 0.343 e. The van der Waals surface area contributed by atoms with Crippen LogP contribution in [-0.4, -0.2) is 19.7 Å². The largest absolute Gasteiger partial charge is 0.343 e. The van der Waals surface area contributed by atoms with Crippen LogP contribution in [0.4, 0.5) is 0 Å². The molecule has 0 amide bonds. The van der Waals surface area contributed by atoms with Crippen LogP contribution in [0, 0.1) is 0 Å². The molecule has 2 aromatic heterocycles. The molecule has 0 unspecified atom stereocenters. The maximum atomic E-state index is 11.3. The van der Waals surface area contributed by atoms with Crippen molar-refractivity contribution in [3.8, 4) is 0 Å². The molecule has 0 aliphatic carbocycles. The normalized spacial score (nSPS) is 11.1. The van der Waals surface area contributed by atoms with Crippen molar-refractivity contribution >= 4 is 34.3 Å². The summed E-state index contributed by atoms with van der Waals surface area (Å²) < 4.78 is 1.47. The highest BCUT2D eigenvalue weighted by Gasteiger charge is 2.10. The number of fused-ring (bicyclic) bond motifs is 1. The van der Waals surface area contributed by atoms with E-state index in [0.29, 0.717) is 15.9 Å². The molecular weight excluding hydrogens is 296 g/mol. The lowest BCUT2D eigenvalue weighted by Gasteiger charge is -2.07. The third-order valence-electron chi connectivity index (χ3n) is 3.01. The lowest BCUT2D eigenvalue weighted by Crippen LogP contribution is -2.12. The second-order valence-corrected chi connectivity index (χ2v) is 5.61. The Morgan fingerprint density at radius 2 is 2.25 bits per heavy atom. The van der Waals surface area contributed by atoms with Crippen LogP contribution in [0.2, 0.25) is 5.02 Å². The fourth-order valence-corrected chi connectivity index (χ4v) is 3.17. The van der Waals surface area contributed by atoms with Crippen molar-refractivity contribution in [1.82, 2.24) is 19.7 Å². The summed E-state index contributed by atoms with van der Waals surface area (Å²) in [7, 11) is 1.68. The number of benzene rings is 1. The third-order valence-corrected chi connectivity index (χ3v) is 4.42. The maximum absolute atomic E-state index is 11.3. The van der Waals surface area contributed by atoms with E-state index in [0.717, 1.165) is 16.5 Å². The fraction of sp³-hybridized carbons (Fsp3) is 0.154. The molecule has 0 aliphatic heterocycles. The van der Waals surface area contributed by atoms with Gasteiger partial charge in [-0.05, 0) is 12.1 Å².